The number of carbonyl (C=O) groups excluding carboxylic acids is 2. The molecule has 102 valence electrons. The molecule has 0 saturated carbocycles. The second kappa shape index (κ2) is 6.14. The van der Waals surface area contributed by atoms with Crippen LogP contribution in [-0.2, 0) is 4.79 Å². The number of halogens is 1. The molecular formula is C13H16BrN3O2. The standard InChI is InChI=1S/C13H16BrN3O2/c1-9(13(19)17-6-2-3-7-17)16-12(18)10-4-5-11(14)15-8-10/h4-5,8-9H,2-3,6-7H2,1H3,(H,16,18). The average Bonchev–Trinajstić information content (AvgIpc) is 2.92. The number of hydrogen-bond donors (Lipinski definition) is 1. The van der Waals surface area contributed by atoms with E-state index in [2.05, 4.69) is 26.2 Å². The van der Waals surface area contributed by atoms with Crippen molar-refractivity contribution in [1.29, 1.82) is 0 Å². The van der Waals surface area contributed by atoms with Crippen LogP contribution < -0.4 is 5.32 Å². The molecular weight excluding hydrogens is 310 g/mol. The SMILES string of the molecule is CC(NC(=O)c1ccc(Br)nc1)C(=O)N1CCCC1. The summed E-state index contributed by atoms with van der Waals surface area (Å²) in [6, 6.07) is 2.86. The summed E-state index contributed by atoms with van der Waals surface area (Å²) >= 11 is 3.21. The van der Waals surface area contributed by atoms with Crippen molar-refractivity contribution in [1.82, 2.24) is 15.2 Å². The fraction of sp³-hybridized carbons (Fsp3) is 0.462. The van der Waals surface area contributed by atoms with E-state index in [-0.39, 0.29) is 11.8 Å². The lowest BCUT2D eigenvalue weighted by Crippen LogP contribution is -2.45. The van der Waals surface area contributed by atoms with Gasteiger partial charge in [0.2, 0.25) is 5.91 Å². The summed E-state index contributed by atoms with van der Waals surface area (Å²) in [4.78, 5) is 29.8. The van der Waals surface area contributed by atoms with Crippen LogP contribution in [0.4, 0.5) is 0 Å². The van der Waals surface area contributed by atoms with Gasteiger partial charge in [0.05, 0.1) is 5.56 Å². The Kier molecular flexibility index (Phi) is 4.52. The predicted octanol–water partition coefficient (Wildman–Crippen LogP) is 1.58. The molecule has 1 aliphatic heterocycles. The Bertz CT molecular complexity index is 469. The van der Waals surface area contributed by atoms with E-state index in [1.54, 1.807) is 24.0 Å². The Balaban J connectivity index is 1.94. The van der Waals surface area contributed by atoms with Gasteiger partial charge >= 0.3 is 0 Å². The maximum Gasteiger partial charge on any atom is 0.253 e. The monoisotopic (exact) mass is 325 g/mol. The van der Waals surface area contributed by atoms with Gasteiger partial charge in [-0.1, -0.05) is 0 Å². The Morgan fingerprint density at radius 3 is 2.63 bits per heavy atom. The van der Waals surface area contributed by atoms with E-state index < -0.39 is 6.04 Å². The van der Waals surface area contributed by atoms with Gasteiger partial charge in [-0.15, -0.1) is 0 Å². The number of pyridine rings is 1. The molecule has 5 nitrogen and oxygen atoms in total. The van der Waals surface area contributed by atoms with Gasteiger partial charge in [0.25, 0.3) is 5.91 Å². The highest BCUT2D eigenvalue weighted by Crippen LogP contribution is 2.10. The van der Waals surface area contributed by atoms with Crippen LogP contribution in [0.2, 0.25) is 0 Å². The van der Waals surface area contributed by atoms with Crippen LogP contribution in [0.3, 0.4) is 0 Å². The number of nitrogens with one attached hydrogen (secondary N) is 1. The molecule has 0 spiro atoms. The second-order valence-corrected chi connectivity index (χ2v) is 5.41. The minimum absolute atomic E-state index is 0.0177. The molecule has 0 bridgehead atoms. The Morgan fingerprint density at radius 1 is 1.37 bits per heavy atom. The molecule has 0 aromatic carbocycles. The van der Waals surface area contributed by atoms with Gasteiger partial charge in [0, 0.05) is 19.3 Å². The fourth-order valence-electron chi connectivity index (χ4n) is 2.06. The van der Waals surface area contributed by atoms with Crippen molar-refractivity contribution < 1.29 is 9.59 Å². The summed E-state index contributed by atoms with van der Waals surface area (Å²) in [5.41, 5.74) is 0.448. The van der Waals surface area contributed by atoms with Gasteiger partial charge in [-0.25, -0.2) is 4.98 Å². The predicted molar refractivity (Wildman–Crippen MR) is 74.7 cm³/mol. The Labute approximate surface area is 120 Å². The van der Waals surface area contributed by atoms with Crippen molar-refractivity contribution in [2.45, 2.75) is 25.8 Å². The summed E-state index contributed by atoms with van der Waals surface area (Å²) in [6.45, 7) is 3.29. The quantitative estimate of drug-likeness (QED) is 0.858. The largest absolute Gasteiger partial charge is 0.341 e. The van der Waals surface area contributed by atoms with Gasteiger partial charge in [0.15, 0.2) is 0 Å². The molecule has 0 aliphatic carbocycles. The molecule has 1 N–H and O–H groups in total. The summed E-state index contributed by atoms with van der Waals surface area (Å²) < 4.78 is 0.672. The zero-order valence-corrected chi connectivity index (χ0v) is 12.3. The number of aromatic nitrogens is 1. The Morgan fingerprint density at radius 2 is 2.05 bits per heavy atom. The molecule has 1 aliphatic rings. The first-order valence-electron chi connectivity index (χ1n) is 6.29. The van der Waals surface area contributed by atoms with Gasteiger partial charge < -0.3 is 10.2 Å². The normalized spacial score (nSPS) is 16.2. The van der Waals surface area contributed by atoms with Crippen LogP contribution in [0, 0.1) is 0 Å². The van der Waals surface area contributed by atoms with Crippen molar-refractivity contribution in [3.63, 3.8) is 0 Å². The van der Waals surface area contributed by atoms with E-state index in [1.807, 2.05) is 0 Å². The maximum atomic E-state index is 12.1. The number of nitrogens with zero attached hydrogens (tertiary/aromatic N) is 2. The van der Waals surface area contributed by atoms with Crippen molar-refractivity contribution in [3.8, 4) is 0 Å². The van der Waals surface area contributed by atoms with E-state index in [0.29, 0.717) is 10.2 Å². The lowest BCUT2D eigenvalue weighted by molar-refractivity contribution is -0.131. The third-order valence-corrected chi connectivity index (χ3v) is 3.59. The van der Waals surface area contributed by atoms with E-state index in [4.69, 9.17) is 0 Å². The van der Waals surface area contributed by atoms with E-state index in [0.717, 1.165) is 25.9 Å². The minimum atomic E-state index is -0.505. The molecule has 1 saturated heterocycles. The molecule has 2 amide bonds. The molecule has 2 rings (SSSR count). The zero-order valence-electron chi connectivity index (χ0n) is 10.7. The lowest BCUT2D eigenvalue weighted by Gasteiger charge is -2.21. The highest BCUT2D eigenvalue weighted by Gasteiger charge is 2.24. The molecule has 2 heterocycles. The van der Waals surface area contributed by atoms with Crippen LogP contribution in [0.15, 0.2) is 22.9 Å². The van der Waals surface area contributed by atoms with Gasteiger partial charge in [-0.3, -0.25) is 9.59 Å². The first-order valence-corrected chi connectivity index (χ1v) is 7.08. The summed E-state index contributed by atoms with van der Waals surface area (Å²) in [5, 5.41) is 2.71. The molecule has 0 radical (unpaired) electrons. The maximum absolute atomic E-state index is 12.1. The third-order valence-electron chi connectivity index (χ3n) is 3.13. The first-order chi connectivity index (χ1) is 9.08. The summed E-state index contributed by atoms with van der Waals surface area (Å²) in [6.07, 6.45) is 3.57. The molecule has 1 atom stereocenters. The number of rotatable bonds is 3. The van der Waals surface area contributed by atoms with Crippen molar-refractivity contribution in [2.24, 2.45) is 0 Å². The van der Waals surface area contributed by atoms with Crippen molar-refractivity contribution >= 4 is 27.7 Å². The molecule has 1 aromatic rings. The number of likely N-dealkylation sites (tertiary alicyclic amines) is 1. The molecule has 1 fully saturated rings. The number of carbonyl (C=O) groups is 2. The molecule has 19 heavy (non-hydrogen) atoms. The second-order valence-electron chi connectivity index (χ2n) is 4.60. The van der Waals surface area contributed by atoms with Crippen LogP contribution in [0.25, 0.3) is 0 Å². The van der Waals surface area contributed by atoms with Crippen LogP contribution >= 0.6 is 15.9 Å². The highest BCUT2D eigenvalue weighted by atomic mass is 79.9. The van der Waals surface area contributed by atoms with Crippen LogP contribution in [0.1, 0.15) is 30.1 Å². The summed E-state index contributed by atoms with van der Waals surface area (Å²) in [7, 11) is 0. The minimum Gasteiger partial charge on any atom is -0.341 e. The summed E-state index contributed by atoms with van der Waals surface area (Å²) in [5.74, 6) is -0.295. The van der Waals surface area contributed by atoms with Crippen molar-refractivity contribution in [2.75, 3.05) is 13.1 Å². The smallest absolute Gasteiger partial charge is 0.253 e. The lowest BCUT2D eigenvalue weighted by atomic mass is 10.2. The van der Waals surface area contributed by atoms with E-state index in [1.165, 1.54) is 6.20 Å². The Hall–Kier alpha value is -1.43. The first kappa shape index (κ1) is 14.0. The molecule has 6 heteroatoms. The number of hydrogen-bond acceptors (Lipinski definition) is 3. The zero-order chi connectivity index (χ0) is 13.8. The topological polar surface area (TPSA) is 62.3 Å². The highest BCUT2D eigenvalue weighted by molar-refractivity contribution is 9.10. The molecule has 1 unspecified atom stereocenters. The number of amides is 2. The van der Waals surface area contributed by atoms with E-state index >= 15 is 0 Å². The van der Waals surface area contributed by atoms with Crippen molar-refractivity contribution in [3.05, 3.63) is 28.5 Å². The molecule has 1 aromatic heterocycles. The van der Waals surface area contributed by atoms with Crippen LogP contribution in [-0.4, -0.2) is 40.8 Å². The van der Waals surface area contributed by atoms with Gasteiger partial charge in [0.1, 0.15) is 10.6 Å². The third kappa shape index (κ3) is 3.53. The van der Waals surface area contributed by atoms with Gasteiger partial charge in [-0.05, 0) is 47.8 Å². The van der Waals surface area contributed by atoms with Gasteiger partial charge in [-0.2, -0.15) is 0 Å². The fourth-order valence-corrected chi connectivity index (χ4v) is 2.30. The van der Waals surface area contributed by atoms with E-state index in [9.17, 15) is 9.59 Å². The van der Waals surface area contributed by atoms with Crippen LogP contribution in [0.5, 0.6) is 0 Å². The average molecular weight is 326 g/mol.